The van der Waals surface area contributed by atoms with Gasteiger partial charge in [-0.25, -0.2) is 4.98 Å². The van der Waals surface area contributed by atoms with Crippen molar-refractivity contribution in [1.29, 1.82) is 0 Å². The zero-order chi connectivity index (χ0) is 17.9. The van der Waals surface area contributed by atoms with Gasteiger partial charge in [0.15, 0.2) is 5.76 Å². The fraction of sp³-hybridized carbons (Fsp3) is 0. The number of hydrogen-bond acceptors (Lipinski definition) is 4. The number of pyridine rings is 1. The minimum atomic E-state index is -0.400. The van der Waals surface area contributed by atoms with Crippen molar-refractivity contribution >= 4 is 22.2 Å². The van der Waals surface area contributed by atoms with Crippen LogP contribution in [-0.2, 0) is 4.74 Å². The predicted molar refractivity (Wildman–Crippen MR) is 100 cm³/mol. The van der Waals surface area contributed by atoms with Crippen molar-refractivity contribution in [2.45, 2.75) is 0 Å². The topological polar surface area (TPSA) is 65.3 Å². The van der Waals surface area contributed by atoms with Crippen molar-refractivity contribution < 1.29 is 9.66 Å². The molecule has 5 nitrogen and oxygen atoms in total. The van der Waals surface area contributed by atoms with Crippen molar-refractivity contribution in [3.63, 3.8) is 0 Å². The highest BCUT2D eigenvalue weighted by Gasteiger charge is 2.27. The Balaban J connectivity index is 2.00. The number of allylic oxidation sites excluding steroid dienone is 3. The van der Waals surface area contributed by atoms with E-state index in [1.165, 1.54) is 18.4 Å². The van der Waals surface area contributed by atoms with E-state index in [2.05, 4.69) is 4.98 Å². The van der Waals surface area contributed by atoms with Gasteiger partial charge < -0.3 is 4.74 Å². The van der Waals surface area contributed by atoms with Gasteiger partial charge in [0.25, 0.3) is 5.70 Å². The molecule has 2 heterocycles. The largest absolute Gasteiger partial charge is 0.462 e. The fourth-order valence-electron chi connectivity index (χ4n) is 2.91. The molecule has 0 saturated carbocycles. The van der Waals surface area contributed by atoms with Crippen LogP contribution in [0.4, 0.5) is 0 Å². The standard InChI is InChI=1S/C21H14N2O3/c24-23(25)19-11-6-14-26-21(20(19)16-8-2-1-3-9-16)18-13-12-15-7-4-5-10-17(15)22-18/h1-14H. The van der Waals surface area contributed by atoms with Crippen LogP contribution in [0.25, 0.3) is 22.2 Å². The number of aromatic nitrogens is 1. The molecule has 0 spiro atoms. The first-order chi connectivity index (χ1) is 12.7. The highest BCUT2D eigenvalue weighted by atomic mass is 16.6. The summed E-state index contributed by atoms with van der Waals surface area (Å²) in [6.45, 7) is 0. The van der Waals surface area contributed by atoms with Gasteiger partial charge in [-0.3, -0.25) is 10.1 Å². The second kappa shape index (κ2) is 6.64. The molecule has 3 aromatic rings. The molecule has 1 aliphatic rings. The Kier molecular flexibility index (Phi) is 4.03. The number of hydrogen-bond donors (Lipinski definition) is 0. The third-order valence-corrected chi connectivity index (χ3v) is 4.09. The van der Waals surface area contributed by atoms with Crippen LogP contribution in [0, 0.1) is 10.1 Å². The number of rotatable bonds is 3. The van der Waals surface area contributed by atoms with Crippen molar-refractivity contribution in [2.75, 3.05) is 0 Å². The molecule has 0 radical (unpaired) electrons. The monoisotopic (exact) mass is 342 g/mol. The molecular formula is C21H14N2O3. The maximum atomic E-state index is 11.7. The Bertz CT molecular complexity index is 1080. The Morgan fingerprint density at radius 1 is 0.923 bits per heavy atom. The highest BCUT2D eigenvalue weighted by Crippen LogP contribution is 2.35. The number of nitro groups is 1. The first-order valence-electron chi connectivity index (χ1n) is 8.08. The summed E-state index contributed by atoms with van der Waals surface area (Å²) in [6.07, 6.45) is 4.40. The lowest BCUT2D eigenvalue weighted by atomic mass is 9.99. The second-order valence-corrected chi connectivity index (χ2v) is 5.71. The van der Waals surface area contributed by atoms with E-state index in [0.29, 0.717) is 22.6 Å². The average Bonchev–Trinajstić information content (AvgIpc) is 2.91. The number of ether oxygens (including phenoxy) is 1. The first kappa shape index (κ1) is 15.8. The molecule has 0 aliphatic carbocycles. The zero-order valence-electron chi connectivity index (χ0n) is 13.7. The molecule has 1 aromatic heterocycles. The molecule has 0 unspecified atom stereocenters. The fourth-order valence-corrected chi connectivity index (χ4v) is 2.91. The molecule has 0 atom stereocenters. The van der Waals surface area contributed by atoms with Crippen LogP contribution in [0.15, 0.2) is 90.8 Å². The van der Waals surface area contributed by atoms with E-state index in [4.69, 9.17) is 4.74 Å². The van der Waals surface area contributed by atoms with Gasteiger partial charge in [-0.15, -0.1) is 0 Å². The smallest absolute Gasteiger partial charge is 0.281 e. The van der Waals surface area contributed by atoms with Crippen molar-refractivity contribution in [2.24, 2.45) is 0 Å². The lowest BCUT2D eigenvalue weighted by molar-refractivity contribution is -0.416. The van der Waals surface area contributed by atoms with E-state index in [-0.39, 0.29) is 5.70 Å². The maximum absolute atomic E-state index is 11.7. The quantitative estimate of drug-likeness (QED) is 0.506. The van der Waals surface area contributed by atoms with Crippen LogP contribution in [-0.4, -0.2) is 9.91 Å². The van der Waals surface area contributed by atoms with Crippen molar-refractivity contribution in [1.82, 2.24) is 4.98 Å². The SMILES string of the molecule is O=[N+]([O-])C1=CC=COC(c2ccc3ccccc3n2)=C1c1ccccc1. The minimum absolute atomic E-state index is 0.0325. The molecule has 5 heteroatoms. The third-order valence-electron chi connectivity index (χ3n) is 4.09. The minimum Gasteiger partial charge on any atom is -0.462 e. The molecule has 0 bridgehead atoms. The number of nitrogens with zero attached hydrogens (tertiary/aromatic N) is 2. The number of para-hydroxylation sites is 1. The summed E-state index contributed by atoms with van der Waals surface area (Å²) in [7, 11) is 0. The summed E-state index contributed by atoms with van der Waals surface area (Å²) in [5, 5.41) is 12.7. The zero-order valence-corrected chi connectivity index (χ0v) is 13.7. The Morgan fingerprint density at radius 3 is 2.50 bits per heavy atom. The maximum Gasteiger partial charge on any atom is 0.281 e. The Labute approximate surface area is 149 Å². The van der Waals surface area contributed by atoms with Crippen LogP contribution >= 0.6 is 0 Å². The van der Waals surface area contributed by atoms with Gasteiger partial charge >= 0.3 is 0 Å². The van der Waals surface area contributed by atoms with Crippen LogP contribution in [0.1, 0.15) is 11.3 Å². The molecule has 126 valence electrons. The third kappa shape index (κ3) is 2.86. The predicted octanol–water partition coefficient (Wildman–Crippen LogP) is 4.81. The Hall–Kier alpha value is -3.73. The second-order valence-electron chi connectivity index (χ2n) is 5.71. The summed E-state index contributed by atoms with van der Waals surface area (Å²) in [4.78, 5) is 15.9. The van der Waals surface area contributed by atoms with E-state index >= 15 is 0 Å². The van der Waals surface area contributed by atoms with Crippen LogP contribution in [0.5, 0.6) is 0 Å². The summed E-state index contributed by atoms with van der Waals surface area (Å²) >= 11 is 0. The van der Waals surface area contributed by atoms with Crippen LogP contribution < -0.4 is 0 Å². The van der Waals surface area contributed by atoms with Gasteiger partial charge in [-0.2, -0.15) is 0 Å². The van der Waals surface area contributed by atoms with Gasteiger partial charge in [0.1, 0.15) is 11.3 Å². The van der Waals surface area contributed by atoms with E-state index in [1.807, 2.05) is 66.7 Å². The van der Waals surface area contributed by atoms with Gasteiger partial charge in [0.2, 0.25) is 0 Å². The van der Waals surface area contributed by atoms with E-state index < -0.39 is 4.92 Å². The van der Waals surface area contributed by atoms with E-state index in [9.17, 15) is 10.1 Å². The molecule has 4 rings (SSSR count). The molecule has 0 amide bonds. The molecule has 0 N–H and O–H groups in total. The van der Waals surface area contributed by atoms with Gasteiger partial charge in [0.05, 0.1) is 16.7 Å². The van der Waals surface area contributed by atoms with Crippen molar-refractivity contribution in [3.05, 3.63) is 112 Å². The molecule has 2 aromatic carbocycles. The van der Waals surface area contributed by atoms with Gasteiger partial charge in [-0.05, 0) is 23.8 Å². The lowest BCUT2D eigenvalue weighted by Gasteiger charge is -2.12. The number of fused-ring (bicyclic) bond motifs is 1. The number of benzene rings is 2. The highest BCUT2D eigenvalue weighted by molar-refractivity contribution is 5.95. The average molecular weight is 342 g/mol. The van der Waals surface area contributed by atoms with E-state index in [1.54, 1.807) is 0 Å². The molecule has 26 heavy (non-hydrogen) atoms. The first-order valence-corrected chi connectivity index (χ1v) is 8.08. The summed E-state index contributed by atoms with van der Waals surface area (Å²) in [5.41, 5.74) is 2.41. The lowest BCUT2D eigenvalue weighted by Crippen LogP contribution is -2.05. The normalized spacial score (nSPS) is 13.9. The van der Waals surface area contributed by atoms with Crippen LogP contribution in [0.2, 0.25) is 0 Å². The van der Waals surface area contributed by atoms with E-state index in [0.717, 1.165) is 10.9 Å². The summed E-state index contributed by atoms with van der Waals surface area (Å²) in [6, 6.07) is 20.6. The summed E-state index contributed by atoms with van der Waals surface area (Å²) in [5.74, 6) is 0.360. The Morgan fingerprint density at radius 2 is 1.69 bits per heavy atom. The molecule has 0 fully saturated rings. The van der Waals surface area contributed by atoms with Gasteiger partial charge in [-0.1, -0.05) is 54.6 Å². The molecular weight excluding hydrogens is 328 g/mol. The van der Waals surface area contributed by atoms with Gasteiger partial charge in [0, 0.05) is 11.5 Å². The van der Waals surface area contributed by atoms with Crippen LogP contribution in [0.3, 0.4) is 0 Å². The molecule has 1 aliphatic heterocycles. The van der Waals surface area contributed by atoms with Crippen molar-refractivity contribution in [3.8, 4) is 0 Å². The molecule has 0 saturated heterocycles. The summed E-state index contributed by atoms with van der Waals surface area (Å²) < 4.78 is 5.77.